The molecule has 18 heavy (non-hydrogen) atoms. The van der Waals surface area contributed by atoms with Gasteiger partial charge in [0.15, 0.2) is 0 Å². The lowest BCUT2D eigenvalue weighted by Crippen LogP contribution is -2.44. The van der Waals surface area contributed by atoms with E-state index in [0.29, 0.717) is 18.0 Å². The molecule has 0 amide bonds. The summed E-state index contributed by atoms with van der Waals surface area (Å²) in [6.07, 6.45) is 7.11. The number of nitrogens with zero attached hydrogens (tertiary/aromatic N) is 3. The Hall–Kier alpha value is -0.870. The van der Waals surface area contributed by atoms with Crippen LogP contribution in [0.2, 0.25) is 0 Å². The van der Waals surface area contributed by atoms with Gasteiger partial charge in [0.1, 0.15) is 0 Å². The highest BCUT2D eigenvalue weighted by Crippen LogP contribution is 2.31. The van der Waals surface area contributed by atoms with Gasteiger partial charge in [-0.25, -0.2) is 0 Å². The van der Waals surface area contributed by atoms with Gasteiger partial charge in [-0.15, -0.1) is 0 Å². The van der Waals surface area contributed by atoms with E-state index in [-0.39, 0.29) is 0 Å². The lowest BCUT2D eigenvalue weighted by molar-refractivity contribution is 0.0956. The first-order chi connectivity index (χ1) is 8.65. The third kappa shape index (κ3) is 2.59. The topological polar surface area (TPSA) is 47.1 Å². The molecule has 1 saturated carbocycles. The van der Waals surface area contributed by atoms with Crippen LogP contribution >= 0.6 is 0 Å². The van der Waals surface area contributed by atoms with Crippen LogP contribution in [0.5, 0.6) is 0 Å². The van der Waals surface area contributed by atoms with Crippen molar-refractivity contribution < 1.29 is 0 Å². The highest BCUT2D eigenvalue weighted by Gasteiger charge is 2.30. The van der Waals surface area contributed by atoms with Crippen molar-refractivity contribution in [2.75, 3.05) is 13.6 Å². The molecular formula is C14H26N4. The third-order valence-corrected chi connectivity index (χ3v) is 4.59. The highest BCUT2D eigenvalue weighted by atomic mass is 15.3. The summed E-state index contributed by atoms with van der Waals surface area (Å²) >= 11 is 0. The number of hydrogen-bond acceptors (Lipinski definition) is 3. The average molecular weight is 250 g/mol. The van der Waals surface area contributed by atoms with E-state index in [1.807, 2.05) is 17.9 Å². The molecule has 2 N–H and O–H groups in total. The van der Waals surface area contributed by atoms with Gasteiger partial charge in [-0.05, 0) is 45.3 Å². The number of aryl methyl sites for hydroxylation is 1. The Kier molecular flexibility index (Phi) is 4.40. The lowest BCUT2D eigenvalue weighted by Gasteiger charge is -2.40. The van der Waals surface area contributed by atoms with Crippen molar-refractivity contribution in [1.29, 1.82) is 0 Å². The maximum Gasteiger partial charge on any atom is 0.0549 e. The minimum atomic E-state index is 0.398. The zero-order valence-electron chi connectivity index (χ0n) is 11.8. The highest BCUT2D eigenvalue weighted by molar-refractivity contribution is 5.06. The molecule has 1 heterocycles. The predicted octanol–water partition coefficient (Wildman–Crippen LogP) is 1.93. The Morgan fingerprint density at radius 3 is 2.83 bits per heavy atom. The largest absolute Gasteiger partial charge is 0.330 e. The Bertz CT molecular complexity index is 374. The molecule has 102 valence electrons. The predicted molar refractivity (Wildman–Crippen MR) is 74.2 cm³/mol. The summed E-state index contributed by atoms with van der Waals surface area (Å²) in [7, 11) is 4.25. The number of aromatic nitrogens is 2. The molecule has 2 rings (SSSR count). The van der Waals surface area contributed by atoms with Crippen molar-refractivity contribution in [3.63, 3.8) is 0 Å². The first kappa shape index (κ1) is 13.6. The van der Waals surface area contributed by atoms with Gasteiger partial charge in [0.05, 0.1) is 5.69 Å². The molecule has 0 aromatic carbocycles. The van der Waals surface area contributed by atoms with Crippen LogP contribution in [-0.4, -0.2) is 34.3 Å². The van der Waals surface area contributed by atoms with Gasteiger partial charge in [-0.3, -0.25) is 9.58 Å². The van der Waals surface area contributed by atoms with Crippen molar-refractivity contribution >= 4 is 0 Å². The Balaban J connectivity index is 2.09. The zero-order chi connectivity index (χ0) is 13.1. The van der Waals surface area contributed by atoms with Crippen molar-refractivity contribution in [1.82, 2.24) is 14.7 Å². The standard InChI is InChI=1S/C14H26N4/c1-11(13-8-9-16-18(13)3)17(2)14-7-5-4-6-12(14)10-15/h8-9,11-12,14H,4-7,10,15H2,1-3H3. The monoisotopic (exact) mass is 250 g/mol. The minimum Gasteiger partial charge on any atom is -0.330 e. The maximum atomic E-state index is 5.94. The third-order valence-electron chi connectivity index (χ3n) is 4.59. The summed E-state index contributed by atoms with van der Waals surface area (Å²) in [5.74, 6) is 0.652. The van der Waals surface area contributed by atoms with Gasteiger partial charge >= 0.3 is 0 Å². The average Bonchev–Trinajstić information content (AvgIpc) is 2.83. The van der Waals surface area contributed by atoms with Gasteiger partial charge in [0, 0.05) is 25.3 Å². The Morgan fingerprint density at radius 2 is 2.22 bits per heavy atom. The maximum absolute atomic E-state index is 5.94. The molecule has 3 unspecified atom stereocenters. The van der Waals surface area contributed by atoms with E-state index in [1.165, 1.54) is 31.4 Å². The van der Waals surface area contributed by atoms with E-state index in [0.717, 1.165) is 6.54 Å². The normalized spacial score (nSPS) is 26.5. The van der Waals surface area contributed by atoms with Crippen LogP contribution < -0.4 is 5.73 Å². The molecule has 4 heteroatoms. The van der Waals surface area contributed by atoms with Gasteiger partial charge in [0.2, 0.25) is 0 Å². The van der Waals surface area contributed by atoms with Crippen molar-refractivity contribution in [3.05, 3.63) is 18.0 Å². The Morgan fingerprint density at radius 1 is 1.50 bits per heavy atom. The minimum absolute atomic E-state index is 0.398. The van der Waals surface area contributed by atoms with Gasteiger partial charge in [-0.1, -0.05) is 12.8 Å². The van der Waals surface area contributed by atoms with Crippen LogP contribution in [0, 0.1) is 5.92 Å². The second-order valence-corrected chi connectivity index (χ2v) is 5.57. The summed E-state index contributed by atoms with van der Waals surface area (Å²) < 4.78 is 1.97. The van der Waals surface area contributed by atoms with Crippen molar-refractivity contribution in [3.8, 4) is 0 Å². The molecule has 4 nitrogen and oxygen atoms in total. The van der Waals surface area contributed by atoms with E-state index < -0.39 is 0 Å². The van der Waals surface area contributed by atoms with E-state index >= 15 is 0 Å². The summed E-state index contributed by atoms with van der Waals surface area (Å²) in [6.45, 7) is 3.08. The van der Waals surface area contributed by atoms with Gasteiger partial charge in [0.25, 0.3) is 0 Å². The van der Waals surface area contributed by atoms with Gasteiger partial charge in [-0.2, -0.15) is 5.10 Å². The van der Waals surface area contributed by atoms with E-state index in [1.54, 1.807) is 0 Å². The molecule has 0 saturated heterocycles. The molecule has 1 aromatic heterocycles. The lowest BCUT2D eigenvalue weighted by atomic mass is 9.83. The molecule has 0 aliphatic heterocycles. The van der Waals surface area contributed by atoms with Crippen molar-refractivity contribution in [2.45, 2.75) is 44.7 Å². The van der Waals surface area contributed by atoms with Crippen LogP contribution in [0.4, 0.5) is 0 Å². The molecule has 1 fully saturated rings. The number of rotatable bonds is 4. The van der Waals surface area contributed by atoms with Crippen LogP contribution in [0.1, 0.15) is 44.3 Å². The molecule has 0 bridgehead atoms. The molecule has 0 spiro atoms. The Labute approximate surface area is 110 Å². The fourth-order valence-electron chi connectivity index (χ4n) is 3.29. The molecular weight excluding hydrogens is 224 g/mol. The summed E-state index contributed by atoms with van der Waals surface area (Å²) in [4.78, 5) is 2.49. The smallest absolute Gasteiger partial charge is 0.0549 e. The first-order valence-corrected chi connectivity index (χ1v) is 7.05. The van der Waals surface area contributed by atoms with Crippen LogP contribution in [0.3, 0.4) is 0 Å². The van der Waals surface area contributed by atoms with Gasteiger partial charge < -0.3 is 5.73 Å². The van der Waals surface area contributed by atoms with Crippen LogP contribution in [0.25, 0.3) is 0 Å². The molecule has 0 radical (unpaired) electrons. The van der Waals surface area contributed by atoms with Crippen LogP contribution in [-0.2, 0) is 7.05 Å². The SMILES string of the molecule is CC(c1ccnn1C)N(C)C1CCCCC1CN. The summed E-state index contributed by atoms with van der Waals surface area (Å²) in [5.41, 5.74) is 7.21. The fraction of sp³-hybridized carbons (Fsp3) is 0.786. The van der Waals surface area contributed by atoms with E-state index in [4.69, 9.17) is 5.73 Å². The zero-order valence-corrected chi connectivity index (χ0v) is 11.8. The van der Waals surface area contributed by atoms with Crippen molar-refractivity contribution in [2.24, 2.45) is 18.7 Å². The molecule has 1 aromatic rings. The van der Waals surface area contributed by atoms with E-state index in [2.05, 4.69) is 30.0 Å². The molecule has 3 atom stereocenters. The fourth-order valence-corrected chi connectivity index (χ4v) is 3.29. The summed E-state index contributed by atoms with van der Waals surface area (Å²) in [5, 5.41) is 4.27. The first-order valence-electron chi connectivity index (χ1n) is 7.05. The van der Waals surface area contributed by atoms with E-state index in [9.17, 15) is 0 Å². The molecule has 1 aliphatic rings. The second-order valence-electron chi connectivity index (χ2n) is 5.57. The second kappa shape index (κ2) is 5.85. The van der Waals surface area contributed by atoms with Crippen LogP contribution in [0.15, 0.2) is 12.3 Å². The summed E-state index contributed by atoms with van der Waals surface area (Å²) in [6, 6.07) is 3.13. The quantitative estimate of drug-likeness (QED) is 0.888. The molecule has 1 aliphatic carbocycles. The number of hydrogen-bond donors (Lipinski definition) is 1. The number of nitrogens with two attached hydrogens (primary N) is 1.